The van der Waals surface area contributed by atoms with Gasteiger partial charge in [-0.3, -0.25) is 14.2 Å². The van der Waals surface area contributed by atoms with Gasteiger partial charge in [0.25, 0.3) is 7.82 Å². The van der Waals surface area contributed by atoms with Crippen LogP contribution < -0.4 is 4.89 Å². The van der Waals surface area contributed by atoms with E-state index in [-0.39, 0.29) is 26.1 Å². The van der Waals surface area contributed by atoms with Gasteiger partial charge in [0.05, 0.1) is 27.7 Å². The van der Waals surface area contributed by atoms with Crippen LogP contribution in [0.1, 0.15) is 142 Å². The third-order valence-electron chi connectivity index (χ3n) is 8.40. The standard InChI is InChI=1S/C46H78NO8P/c1-6-8-10-12-14-16-18-19-20-21-22-23-24-25-26-27-29-31-33-35-37-39-46(49)55-44(43-54-56(50,51)53-41-40-47(3,4)5)42-52-45(48)38-36-34-32-30-28-17-15-13-11-9-7-2/h8,10,13-16,19-20,22-23,25-26,29,31,44H,6-7,9,11-12,17-18,21,24,27-28,30,32-43H2,1-5H3/b10-8-,15-13-,16-14-,20-19-,23-22-,26-25-,31-29-. The molecule has 2 unspecified atom stereocenters. The number of hydrogen-bond acceptors (Lipinski definition) is 8. The molecule has 0 amide bonds. The topological polar surface area (TPSA) is 111 Å². The SMILES string of the molecule is CC/C=C\C/C=C\C/C=C\C/C=C\C/C=C\C/C=C\CCCCC(=O)OC(COC(=O)CCCCCCC/C=C\CCCC)COP(=O)([O-])OCC[N+](C)(C)C. The van der Waals surface area contributed by atoms with Crippen molar-refractivity contribution in [3.05, 3.63) is 85.1 Å². The van der Waals surface area contributed by atoms with Gasteiger partial charge in [-0.2, -0.15) is 0 Å². The van der Waals surface area contributed by atoms with E-state index in [4.69, 9.17) is 18.5 Å². The summed E-state index contributed by atoms with van der Waals surface area (Å²) < 4.78 is 33.8. The van der Waals surface area contributed by atoms with Crippen LogP contribution in [0.5, 0.6) is 0 Å². The lowest BCUT2D eigenvalue weighted by molar-refractivity contribution is -0.870. The molecule has 0 aliphatic rings. The van der Waals surface area contributed by atoms with Crippen molar-refractivity contribution in [3.63, 3.8) is 0 Å². The van der Waals surface area contributed by atoms with Crippen molar-refractivity contribution in [1.82, 2.24) is 0 Å². The molecule has 0 radical (unpaired) electrons. The lowest BCUT2D eigenvalue weighted by atomic mass is 10.1. The predicted octanol–water partition coefficient (Wildman–Crippen LogP) is 11.4. The Morgan fingerprint density at radius 2 is 1.02 bits per heavy atom. The van der Waals surface area contributed by atoms with Crippen molar-refractivity contribution < 1.29 is 42.1 Å². The molecule has 0 bridgehead atoms. The lowest BCUT2D eigenvalue weighted by Crippen LogP contribution is -2.37. The smallest absolute Gasteiger partial charge is 0.306 e. The zero-order valence-corrected chi connectivity index (χ0v) is 36.7. The van der Waals surface area contributed by atoms with Gasteiger partial charge in [0, 0.05) is 12.8 Å². The molecule has 56 heavy (non-hydrogen) atoms. The second-order valence-corrected chi connectivity index (χ2v) is 16.4. The fraction of sp³-hybridized carbons (Fsp3) is 0.652. The molecule has 0 aromatic rings. The average molecular weight is 804 g/mol. The first-order valence-electron chi connectivity index (χ1n) is 21.3. The summed E-state index contributed by atoms with van der Waals surface area (Å²) in [6.07, 6.45) is 47.6. The minimum Gasteiger partial charge on any atom is -0.756 e. The van der Waals surface area contributed by atoms with E-state index >= 15 is 0 Å². The number of likely N-dealkylation sites (N-methyl/N-ethyl adjacent to an activating group) is 1. The van der Waals surface area contributed by atoms with Crippen LogP contribution in [0.3, 0.4) is 0 Å². The Hall–Kier alpha value is -2.81. The molecule has 0 aliphatic heterocycles. The highest BCUT2D eigenvalue weighted by Gasteiger charge is 2.21. The molecule has 0 fully saturated rings. The van der Waals surface area contributed by atoms with Crippen LogP contribution in [0.2, 0.25) is 0 Å². The highest BCUT2D eigenvalue weighted by Crippen LogP contribution is 2.38. The van der Waals surface area contributed by atoms with E-state index in [1.165, 1.54) is 12.8 Å². The monoisotopic (exact) mass is 804 g/mol. The number of nitrogens with zero attached hydrogens (tertiary/aromatic N) is 1. The van der Waals surface area contributed by atoms with E-state index < -0.39 is 32.5 Å². The molecule has 0 saturated heterocycles. The van der Waals surface area contributed by atoms with Gasteiger partial charge in [0.1, 0.15) is 19.8 Å². The molecule has 0 spiro atoms. The summed E-state index contributed by atoms with van der Waals surface area (Å²) in [5.74, 6) is -0.907. The second-order valence-electron chi connectivity index (χ2n) is 15.0. The first-order chi connectivity index (χ1) is 27.0. The number of phosphoric acid groups is 1. The highest BCUT2D eigenvalue weighted by molar-refractivity contribution is 7.45. The summed E-state index contributed by atoms with van der Waals surface area (Å²) in [7, 11) is 1.11. The van der Waals surface area contributed by atoms with E-state index in [2.05, 4.69) is 98.9 Å². The molecule has 0 N–H and O–H groups in total. The van der Waals surface area contributed by atoms with E-state index in [1.807, 2.05) is 21.1 Å². The predicted molar refractivity (Wildman–Crippen MR) is 231 cm³/mol. The summed E-state index contributed by atoms with van der Waals surface area (Å²) in [6, 6.07) is 0. The van der Waals surface area contributed by atoms with Crippen LogP contribution in [0.4, 0.5) is 0 Å². The number of esters is 2. The third kappa shape index (κ3) is 40.8. The van der Waals surface area contributed by atoms with Crippen LogP contribution in [0.25, 0.3) is 0 Å². The molecule has 0 aromatic heterocycles. The number of hydrogen-bond donors (Lipinski definition) is 0. The number of allylic oxidation sites excluding steroid dienone is 14. The highest BCUT2D eigenvalue weighted by atomic mass is 31.2. The second kappa shape index (κ2) is 37.7. The van der Waals surface area contributed by atoms with Gasteiger partial charge in [-0.25, -0.2) is 0 Å². The fourth-order valence-corrected chi connectivity index (χ4v) is 5.78. The molecule has 0 rings (SSSR count). The molecular weight excluding hydrogens is 725 g/mol. The van der Waals surface area contributed by atoms with Crippen LogP contribution in [0.15, 0.2) is 85.1 Å². The molecule has 320 valence electrons. The largest absolute Gasteiger partial charge is 0.756 e. The van der Waals surface area contributed by atoms with Crippen LogP contribution in [0, 0.1) is 0 Å². The van der Waals surface area contributed by atoms with Crippen molar-refractivity contribution in [2.45, 2.75) is 148 Å². The van der Waals surface area contributed by atoms with Gasteiger partial charge in [0.15, 0.2) is 6.10 Å². The zero-order valence-electron chi connectivity index (χ0n) is 35.8. The third-order valence-corrected chi connectivity index (χ3v) is 9.36. The fourth-order valence-electron chi connectivity index (χ4n) is 5.05. The van der Waals surface area contributed by atoms with Crippen molar-refractivity contribution >= 4 is 19.8 Å². The Bertz CT molecular complexity index is 1230. The van der Waals surface area contributed by atoms with E-state index in [1.54, 1.807) is 0 Å². The number of ether oxygens (including phenoxy) is 2. The summed E-state index contributed by atoms with van der Waals surface area (Å²) in [5, 5.41) is 0. The molecule has 2 atom stereocenters. The Balaban J connectivity index is 4.48. The first-order valence-corrected chi connectivity index (χ1v) is 22.8. The number of phosphoric ester groups is 1. The van der Waals surface area contributed by atoms with Gasteiger partial charge in [0.2, 0.25) is 0 Å². The molecule has 0 aromatic carbocycles. The van der Waals surface area contributed by atoms with E-state index in [0.717, 1.165) is 89.9 Å². The summed E-state index contributed by atoms with van der Waals surface area (Å²) in [6.45, 7) is 3.98. The Morgan fingerprint density at radius 3 is 1.57 bits per heavy atom. The maximum Gasteiger partial charge on any atom is 0.306 e. The van der Waals surface area contributed by atoms with Gasteiger partial charge in [-0.15, -0.1) is 0 Å². The van der Waals surface area contributed by atoms with Crippen molar-refractivity contribution in [2.24, 2.45) is 0 Å². The van der Waals surface area contributed by atoms with Crippen LogP contribution in [-0.2, 0) is 32.7 Å². The zero-order chi connectivity index (χ0) is 41.4. The number of carbonyl (C=O) groups is 2. The minimum atomic E-state index is -4.64. The van der Waals surface area contributed by atoms with Gasteiger partial charge >= 0.3 is 11.9 Å². The quantitative estimate of drug-likeness (QED) is 0.0201. The summed E-state index contributed by atoms with van der Waals surface area (Å²) >= 11 is 0. The minimum absolute atomic E-state index is 0.0455. The average Bonchev–Trinajstić information content (AvgIpc) is 3.15. The van der Waals surface area contributed by atoms with Crippen molar-refractivity contribution in [3.8, 4) is 0 Å². The maximum absolute atomic E-state index is 12.6. The van der Waals surface area contributed by atoms with Crippen molar-refractivity contribution in [2.75, 3.05) is 47.5 Å². The normalized spacial score (nSPS) is 14.5. The number of carbonyl (C=O) groups excluding carboxylic acids is 2. The molecular formula is C46H78NO8P. The molecule has 0 aliphatic carbocycles. The van der Waals surface area contributed by atoms with E-state index in [9.17, 15) is 19.0 Å². The summed E-state index contributed by atoms with van der Waals surface area (Å²) in [4.78, 5) is 37.4. The lowest BCUT2D eigenvalue weighted by Gasteiger charge is -2.28. The molecule has 0 saturated carbocycles. The maximum atomic E-state index is 12.6. The Kier molecular flexibility index (Phi) is 35.9. The van der Waals surface area contributed by atoms with Crippen molar-refractivity contribution in [1.29, 1.82) is 0 Å². The van der Waals surface area contributed by atoms with Crippen LogP contribution in [-0.4, -0.2) is 70.0 Å². The Morgan fingerprint density at radius 1 is 0.571 bits per heavy atom. The van der Waals surface area contributed by atoms with Gasteiger partial charge in [-0.1, -0.05) is 131 Å². The van der Waals surface area contributed by atoms with E-state index in [0.29, 0.717) is 23.9 Å². The summed E-state index contributed by atoms with van der Waals surface area (Å²) in [5.41, 5.74) is 0. The number of unbranched alkanes of at least 4 members (excludes halogenated alkanes) is 9. The molecule has 9 nitrogen and oxygen atoms in total. The Labute approximate surface area is 341 Å². The molecule has 0 heterocycles. The first kappa shape index (κ1) is 53.2. The van der Waals surface area contributed by atoms with Gasteiger partial charge < -0.3 is 27.9 Å². The molecule has 10 heteroatoms. The van der Waals surface area contributed by atoms with Gasteiger partial charge in [-0.05, 0) is 83.5 Å². The van der Waals surface area contributed by atoms with Crippen LogP contribution >= 0.6 is 7.82 Å². The number of quaternary nitrogens is 1. The number of rotatable bonds is 37.